The minimum absolute atomic E-state index is 0.329. The highest BCUT2D eigenvalue weighted by atomic mass is 16.3. The highest BCUT2D eigenvalue weighted by Gasteiger charge is 1.84. The summed E-state index contributed by atoms with van der Waals surface area (Å²) in [6.45, 7) is 12.7. The van der Waals surface area contributed by atoms with E-state index in [9.17, 15) is 4.79 Å². The first-order chi connectivity index (χ1) is 7.14. The molecule has 0 aliphatic heterocycles. The van der Waals surface area contributed by atoms with Crippen molar-refractivity contribution >= 4 is 5.91 Å². The van der Waals surface area contributed by atoms with Crippen LogP contribution < -0.4 is 5.32 Å². The fraction of sp³-hybridized carbons (Fsp3) is 0.0909. The lowest BCUT2D eigenvalue weighted by Gasteiger charge is -1.89. The average Bonchev–Trinajstić information content (AvgIpc) is 2.30. The highest BCUT2D eigenvalue weighted by molar-refractivity contribution is 5.86. The molecule has 0 bridgehead atoms. The molecule has 0 fully saturated rings. The Bertz CT molecular complexity index is 233. The van der Waals surface area contributed by atoms with Crippen LogP contribution in [0.5, 0.6) is 0 Å². The van der Waals surface area contributed by atoms with Crippen molar-refractivity contribution < 1.29 is 9.90 Å². The van der Waals surface area contributed by atoms with Crippen LogP contribution in [0.1, 0.15) is 0 Å². The molecule has 0 saturated carbocycles. The van der Waals surface area contributed by atoms with Crippen LogP contribution in [0, 0.1) is 11.3 Å². The Balaban J connectivity index is -0.000000155. The van der Waals surface area contributed by atoms with Crippen LogP contribution in [0.3, 0.4) is 0 Å². The molecule has 0 rings (SSSR count). The first kappa shape index (κ1) is 18.6. The number of aliphatic hydroxyl groups excluding tert-OH is 1. The van der Waals surface area contributed by atoms with Crippen LogP contribution in [0.2, 0.25) is 0 Å². The van der Waals surface area contributed by atoms with Crippen molar-refractivity contribution in [2.45, 2.75) is 0 Å². The summed E-state index contributed by atoms with van der Waals surface area (Å²) in [4.78, 5) is 10.0. The Morgan fingerprint density at radius 3 is 1.80 bits per heavy atom. The van der Waals surface area contributed by atoms with Crippen molar-refractivity contribution in [1.82, 2.24) is 5.32 Å². The van der Waals surface area contributed by atoms with E-state index in [2.05, 4.69) is 31.6 Å². The lowest BCUT2D eigenvalue weighted by atomic mass is 10.6. The van der Waals surface area contributed by atoms with E-state index in [1.54, 1.807) is 18.2 Å². The van der Waals surface area contributed by atoms with E-state index in [0.29, 0.717) is 0 Å². The van der Waals surface area contributed by atoms with Crippen LogP contribution in [0.4, 0.5) is 0 Å². The van der Waals surface area contributed by atoms with Crippen LogP contribution in [-0.2, 0) is 4.79 Å². The smallest absolute Gasteiger partial charge is 0.245 e. The molecule has 0 saturated heterocycles. The van der Waals surface area contributed by atoms with Crippen LogP contribution >= 0.6 is 0 Å². The average molecular weight is 208 g/mol. The Morgan fingerprint density at radius 1 is 1.33 bits per heavy atom. The van der Waals surface area contributed by atoms with Gasteiger partial charge in [0, 0.05) is 6.08 Å². The third kappa shape index (κ3) is 48.7. The predicted molar refractivity (Wildman–Crippen MR) is 61.6 cm³/mol. The molecule has 15 heavy (non-hydrogen) atoms. The number of nitriles is 1. The maximum atomic E-state index is 10.0. The molecule has 0 aliphatic carbocycles. The lowest BCUT2D eigenvalue weighted by molar-refractivity contribution is -0.117. The molecular formula is C11H16N2O2. The Hall–Kier alpha value is -2.12. The third-order valence-corrected chi connectivity index (χ3v) is 0.697. The lowest BCUT2D eigenvalue weighted by Crippen LogP contribution is -2.20. The SMILES string of the molecule is C=CC#N.C=CC(=O)NCO.C=CC=C. The van der Waals surface area contributed by atoms with Gasteiger partial charge in [0.2, 0.25) is 5.91 Å². The molecule has 4 heteroatoms. The van der Waals surface area contributed by atoms with E-state index in [1.165, 1.54) is 6.08 Å². The summed E-state index contributed by atoms with van der Waals surface area (Å²) in [6, 6.07) is 1.69. The number of hydrogen-bond acceptors (Lipinski definition) is 3. The topological polar surface area (TPSA) is 73.1 Å². The number of carbonyl (C=O) groups is 1. The molecule has 0 aliphatic rings. The third-order valence-electron chi connectivity index (χ3n) is 0.697. The molecule has 2 N–H and O–H groups in total. The first-order valence-electron chi connectivity index (χ1n) is 3.89. The second kappa shape index (κ2) is 22.6. The monoisotopic (exact) mass is 208 g/mol. The van der Waals surface area contributed by atoms with Gasteiger partial charge in [-0.25, -0.2) is 0 Å². The van der Waals surface area contributed by atoms with Crippen molar-refractivity contribution in [2.24, 2.45) is 0 Å². The van der Waals surface area contributed by atoms with Gasteiger partial charge in [-0.05, 0) is 6.08 Å². The molecule has 0 aromatic carbocycles. The van der Waals surface area contributed by atoms with Gasteiger partial charge in [-0.1, -0.05) is 38.5 Å². The summed E-state index contributed by atoms with van der Waals surface area (Å²) in [7, 11) is 0. The number of aliphatic hydroxyl groups is 1. The van der Waals surface area contributed by atoms with E-state index in [-0.39, 0.29) is 12.6 Å². The summed E-state index contributed by atoms with van der Waals surface area (Å²) >= 11 is 0. The van der Waals surface area contributed by atoms with E-state index in [0.717, 1.165) is 6.08 Å². The zero-order chi connectivity index (χ0) is 12.5. The number of amides is 1. The molecule has 0 aromatic heterocycles. The number of rotatable bonds is 3. The normalized spacial score (nSPS) is 5.87. The van der Waals surface area contributed by atoms with Gasteiger partial charge in [0.15, 0.2) is 0 Å². The Kier molecular flexibility index (Phi) is 28.1. The van der Waals surface area contributed by atoms with E-state index >= 15 is 0 Å². The van der Waals surface area contributed by atoms with Gasteiger partial charge in [0.1, 0.15) is 6.73 Å². The maximum Gasteiger partial charge on any atom is 0.245 e. The molecule has 0 unspecified atom stereocenters. The highest BCUT2D eigenvalue weighted by Crippen LogP contribution is 1.59. The maximum absolute atomic E-state index is 10.0. The van der Waals surface area contributed by atoms with E-state index < -0.39 is 0 Å². The standard InChI is InChI=1S/C4H7NO2.C4H6.C3H3N/c1-2-4(7)5-3-6;1-3-4-2;1-2-3-4/h2,6H,1,3H2,(H,5,7);3-4H,1-2H2;2H,1H2. The summed E-state index contributed by atoms with van der Waals surface area (Å²) < 4.78 is 0. The summed E-state index contributed by atoms with van der Waals surface area (Å²) in [5, 5.41) is 17.6. The Labute approximate surface area is 90.5 Å². The first-order valence-corrected chi connectivity index (χ1v) is 3.89. The summed E-state index contributed by atoms with van der Waals surface area (Å²) in [5.41, 5.74) is 0. The molecule has 0 aromatic rings. The van der Waals surface area contributed by atoms with Gasteiger partial charge in [-0.2, -0.15) is 5.26 Å². The molecular weight excluding hydrogens is 192 g/mol. The fourth-order valence-electron chi connectivity index (χ4n) is 0.150. The zero-order valence-corrected chi connectivity index (χ0v) is 8.65. The minimum atomic E-state index is -0.359. The van der Waals surface area contributed by atoms with Crippen LogP contribution in [0.15, 0.2) is 50.6 Å². The number of carbonyl (C=O) groups excluding carboxylic acids is 1. The fourth-order valence-corrected chi connectivity index (χ4v) is 0.150. The molecule has 82 valence electrons. The van der Waals surface area contributed by atoms with Crippen LogP contribution in [-0.4, -0.2) is 17.7 Å². The quantitative estimate of drug-likeness (QED) is 0.318. The molecule has 0 heterocycles. The van der Waals surface area contributed by atoms with Crippen LogP contribution in [0.25, 0.3) is 0 Å². The summed E-state index contributed by atoms with van der Waals surface area (Å²) in [6.07, 6.45) is 5.55. The van der Waals surface area contributed by atoms with Crippen molar-refractivity contribution in [1.29, 1.82) is 5.26 Å². The minimum Gasteiger partial charge on any atom is -0.376 e. The van der Waals surface area contributed by atoms with Crippen molar-refractivity contribution in [3.63, 3.8) is 0 Å². The number of nitrogens with one attached hydrogen (secondary N) is 1. The van der Waals surface area contributed by atoms with Crippen molar-refractivity contribution in [3.8, 4) is 6.07 Å². The number of nitrogens with zero attached hydrogens (tertiary/aromatic N) is 1. The summed E-state index contributed by atoms with van der Waals surface area (Å²) in [5.74, 6) is -0.359. The van der Waals surface area contributed by atoms with E-state index in [1.807, 2.05) is 0 Å². The number of hydrogen-bond donors (Lipinski definition) is 2. The molecule has 0 atom stereocenters. The van der Waals surface area contributed by atoms with Gasteiger partial charge < -0.3 is 10.4 Å². The van der Waals surface area contributed by atoms with Gasteiger partial charge in [-0.15, -0.1) is 0 Å². The van der Waals surface area contributed by atoms with Gasteiger partial charge >= 0.3 is 0 Å². The van der Waals surface area contributed by atoms with E-state index in [4.69, 9.17) is 10.4 Å². The van der Waals surface area contributed by atoms with Crippen molar-refractivity contribution in [2.75, 3.05) is 6.73 Å². The molecule has 0 spiro atoms. The molecule has 4 nitrogen and oxygen atoms in total. The van der Waals surface area contributed by atoms with Gasteiger partial charge in [0.25, 0.3) is 0 Å². The largest absolute Gasteiger partial charge is 0.376 e. The predicted octanol–water partition coefficient (Wildman–Crippen LogP) is 1.29. The number of allylic oxidation sites excluding steroid dienone is 3. The molecule has 1 amide bonds. The van der Waals surface area contributed by atoms with Gasteiger partial charge in [0.05, 0.1) is 6.07 Å². The zero-order valence-electron chi connectivity index (χ0n) is 8.65. The molecule has 0 radical (unpaired) electrons. The Morgan fingerprint density at radius 2 is 1.73 bits per heavy atom. The second-order valence-electron chi connectivity index (χ2n) is 1.71. The van der Waals surface area contributed by atoms with Gasteiger partial charge in [-0.3, -0.25) is 4.79 Å². The second-order valence-corrected chi connectivity index (χ2v) is 1.71. The van der Waals surface area contributed by atoms with Crippen molar-refractivity contribution in [3.05, 3.63) is 50.6 Å².